The first-order valence-corrected chi connectivity index (χ1v) is 12.3. The minimum Gasteiger partial charge on any atom is -0.357 e. The predicted octanol–water partition coefficient (Wildman–Crippen LogP) is 4.84. The highest BCUT2D eigenvalue weighted by Crippen LogP contribution is 2.28. The van der Waals surface area contributed by atoms with Crippen molar-refractivity contribution in [2.75, 3.05) is 23.3 Å². The van der Waals surface area contributed by atoms with Crippen molar-refractivity contribution in [3.63, 3.8) is 0 Å². The number of aryl methyl sites for hydroxylation is 2. The van der Waals surface area contributed by atoms with Gasteiger partial charge in [-0.15, -0.1) is 11.3 Å². The number of anilines is 2. The summed E-state index contributed by atoms with van der Waals surface area (Å²) in [6.07, 6.45) is 8.78. The Morgan fingerprint density at radius 1 is 1.22 bits per heavy atom. The molecule has 1 N–H and O–H groups in total. The molecule has 4 rings (SSSR count). The van der Waals surface area contributed by atoms with Crippen LogP contribution in [0.2, 0.25) is 0 Å². The largest absolute Gasteiger partial charge is 0.357 e. The van der Waals surface area contributed by atoms with E-state index in [0.717, 1.165) is 44.1 Å². The fraction of sp³-hybridized carbons (Fsp3) is 0.500. The van der Waals surface area contributed by atoms with Crippen molar-refractivity contribution in [2.45, 2.75) is 59.4 Å². The van der Waals surface area contributed by atoms with Crippen LogP contribution in [0.4, 0.5) is 11.5 Å². The molecule has 3 aromatic heterocycles. The van der Waals surface area contributed by atoms with Gasteiger partial charge in [-0.2, -0.15) is 0 Å². The molecule has 0 atom stereocenters. The summed E-state index contributed by atoms with van der Waals surface area (Å²) in [5, 5.41) is 3.48. The minimum atomic E-state index is -0.233. The molecule has 7 nitrogen and oxygen atoms in total. The van der Waals surface area contributed by atoms with Gasteiger partial charge in [0.2, 0.25) is 0 Å². The quantitative estimate of drug-likeness (QED) is 0.518. The van der Waals surface area contributed by atoms with Crippen molar-refractivity contribution in [2.24, 2.45) is 5.92 Å². The molecule has 1 saturated heterocycles. The summed E-state index contributed by atoms with van der Waals surface area (Å²) in [4.78, 5) is 38.3. The zero-order chi connectivity index (χ0) is 22.7. The van der Waals surface area contributed by atoms with Crippen molar-refractivity contribution in [3.05, 3.63) is 45.5 Å². The molecule has 0 aliphatic carbocycles. The van der Waals surface area contributed by atoms with Crippen LogP contribution >= 0.6 is 11.3 Å². The number of hydrogen-bond donors (Lipinski definition) is 1. The molecule has 0 bridgehead atoms. The summed E-state index contributed by atoms with van der Waals surface area (Å²) < 4.78 is 1.66. The third-order valence-electron chi connectivity index (χ3n) is 6.24. The van der Waals surface area contributed by atoms with Gasteiger partial charge in [-0.1, -0.05) is 26.7 Å². The van der Waals surface area contributed by atoms with Crippen LogP contribution in [0.15, 0.2) is 29.5 Å². The number of hydrogen-bond acceptors (Lipinski definition) is 6. The van der Waals surface area contributed by atoms with E-state index in [0.29, 0.717) is 32.9 Å². The maximum absolute atomic E-state index is 13.0. The Hall–Kier alpha value is -2.74. The van der Waals surface area contributed by atoms with Crippen LogP contribution in [0, 0.1) is 12.8 Å². The van der Waals surface area contributed by atoms with E-state index < -0.39 is 0 Å². The Balaban J connectivity index is 1.49. The summed E-state index contributed by atoms with van der Waals surface area (Å²) in [6, 6.07) is 3.85. The van der Waals surface area contributed by atoms with Gasteiger partial charge in [0.05, 0.1) is 28.5 Å². The summed E-state index contributed by atoms with van der Waals surface area (Å²) in [5.41, 5.74) is 1.27. The number of rotatable bonds is 7. The van der Waals surface area contributed by atoms with Crippen LogP contribution in [0.1, 0.15) is 61.2 Å². The van der Waals surface area contributed by atoms with Gasteiger partial charge in [-0.05, 0) is 49.8 Å². The second-order valence-electron chi connectivity index (χ2n) is 8.72. The number of aromatic nitrogens is 3. The van der Waals surface area contributed by atoms with E-state index in [4.69, 9.17) is 0 Å². The molecule has 0 aromatic carbocycles. The van der Waals surface area contributed by atoms with Crippen LogP contribution in [0.5, 0.6) is 0 Å². The molecular weight excluding hydrogens is 422 g/mol. The number of thiophene rings is 1. The first-order valence-electron chi connectivity index (χ1n) is 11.5. The molecule has 32 heavy (non-hydrogen) atoms. The van der Waals surface area contributed by atoms with Gasteiger partial charge in [-0.3, -0.25) is 14.2 Å². The van der Waals surface area contributed by atoms with Gasteiger partial charge >= 0.3 is 0 Å². The van der Waals surface area contributed by atoms with Crippen LogP contribution in [0.25, 0.3) is 10.2 Å². The monoisotopic (exact) mass is 453 g/mol. The van der Waals surface area contributed by atoms with Crippen LogP contribution in [-0.2, 0) is 6.54 Å². The van der Waals surface area contributed by atoms with Gasteiger partial charge < -0.3 is 10.2 Å². The van der Waals surface area contributed by atoms with E-state index in [1.54, 1.807) is 17.1 Å². The highest BCUT2D eigenvalue weighted by molar-refractivity contribution is 7.20. The van der Waals surface area contributed by atoms with Gasteiger partial charge in [0.1, 0.15) is 10.6 Å². The van der Waals surface area contributed by atoms with Crippen LogP contribution in [-0.4, -0.2) is 33.5 Å². The lowest BCUT2D eigenvalue weighted by molar-refractivity contribution is 0.103. The number of carbonyl (C=O) groups is 1. The third kappa shape index (κ3) is 4.70. The molecule has 8 heteroatoms. The summed E-state index contributed by atoms with van der Waals surface area (Å²) in [6.45, 7) is 8.94. The van der Waals surface area contributed by atoms with Crippen molar-refractivity contribution >= 4 is 39.0 Å². The van der Waals surface area contributed by atoms with Crippen molar-refractivity contribution in [1.82, 2.24) is 14.5 Å². The number of fused-ring (bicyclic) bond motifs is 1. The average molecular weight is 454 g/mol. The molecule has 0 spiro atoms. The highest BCUT2D eigenvalue weighted by Gasteiger charge is 2.20. The van der Waals surface area contributed by atoms with E-state index in [1.807, 2.05) is 19.1 Å². The molecule has 0 unspecified atom stereocenters. The molecular formula is C24H31N5O2S. The van der Waals surface area contributed by atoms with Crippen molar-refractivity contribution < 1.29 is 4.79 Å². The first-order chi connectivity index (χ1) is 15.5. The Morgan fingerprint density at radius 2 is 2.00 bits per heavy atom. The van der Waals surface area contributed by atoms with E-state index in [1.165, 1.54) is 24.2 Å². The number of pyridine rings is 1. The molecule has 1 aliphatic heterocycles. The predicted molar refractivity (Wildman–Crippen MR) is 131 cm³/mol. The number of nitrogens with one attached hydrogen (secondary N) is 1. The van der Waals surface area contributed by atoms with Gasteiger partial charge in [0, 0.05) is 19.6 Å². The van der Waals surface area contributed by atoms with Gasteiger partial charge in [0.25, 0.3) is 11.5 Å². The number of unbranched alkanes of at least 4 members (excludes halogenated alkanes) is 2. The minimum absolute atomic E-state index is 0.0687. The molecule has 3 aromatic rings. The number of amides is 1. The maximum atomic E-state index is 13.0. The molecule has 1 amide bonds. The summed E-state index contributed by atoms with van der Waals surface area (Å²) in [5.74, 6) is 1.48. The second kappa shape index (κ2) is 9.81. The van der Waals surface area contributed by atoms with E-state index in [2.05, 4.69) is 34.0 Å². The highest BCUT2D eigenvalue weighted by atomic mass is 32.1. The molecule has 4 heterocycles. The van der Waals surface area contributed by atoms with E-state index in [-0.39, 0.29) is 11.5 Å². The lowest BCUT2D eigenvalue weighted by Crippen LogP contribution is -2.33. The lowest BCUT2D eigenvalue weighted by atomic mass is 9.99. The fourth-order valence-electron chi connectivity index (χ4n) is 4.14. The molecule has 0 radical (unpaired) electrons. The summed E-state index contributed by atoms with van der Waals surface area (Å²) >= 11 is 1.26. The van der Waals surface area contributed by atoms with E-state index in [9.17, 15) is 9.59 Å². The Kier molecular flexibility index (Phi) is 6.89. The van der Waals surface area contributed by atoms with Crippen molar-refractivity contribution in [1.29, 1.82) is 0 Å². The van der Waals surface area contributed by atoms with E-state index >= 15 is 0 Å². The molecule has 170 valence electrons. The van der Waals surface area contributed by atoms with Crippen LogP contribution < -0.4 is 15.8 Å². The topological polar surface area (TPSA) is 80.1 Å². The summed E-state index contributed by atoms with van der Waals surface area (Å²) in [7, 11) is 0. The second-order valence-corrected chi connectivity index (χ2v) is 9.71. The average Bonchev–Trinajstić information content (AvgIpc) is 3.14. The molecule has 0 saturated carbocycles. The van der Waals surface area contributed by atoms with Gasteiger partial charge in [0.15, 0.2) is 0 Å². The standard InChI is InChI=1S/C24H31N5O2S/c1-4-5-6-11-29-15-26-23-20(24(29)31)17(3)21(32-23)22(30)27-18-7-8-19(25-14-18)28-12-9-16(2)10-13-28/h7-8,14-16H,4-6,9-13H2,1-3H3,(H,27,30). The number of nitrogens with zero attached hydrogens (tertiary/aromatic N) is 4. The van der Waals surface area contributed by atoms with Crippen LogP contribution in [0.3, 0.4) is 0 Å². The van der Waals surface area contributed by atoms with Gasteiger partial charge in [-0.25, -0.2) is 9.97 Å². The molecule has 1 aliphatic rings. The Bertz CT molecular complexity index is 1140. The number of piperidine rings is 1. The maximum Gasteiger partial charge on any atom is 0.266 e. The first kappa shape index (κ1) is 22.5. The Labute approximate surface area is 192 Å². The number of carbonyl (C=O) groups excluding carboxylic acids is 1. The van der Waals surface area contributed by atoms with Crippen molar-refractivity contribution in [3.8, 4) is 0 Å². The normalized spacial score (nSPS) is 14.8. The Morgan fingerprint density at radius 3 is 2.69 bits per heavy atom. The fourth-order valence-corrected chi connectivity index (χ4v) is 5.17. The molecule has 1 fully saturated rings. The smallest absolute Gasteiger partial charge is 0.266 e. The SMILES string of the molecule is CCCCCn1cnc2sc(C(=O)Nc3ccc(N4CCC(C)CC4)nc3)c(C)c2c1=O. The lowest BCUT2D eigenvalue weighted by Gasteiger charge is -2.31. The third-order valence-corrected chi connectivity index (χ3v) is 7.44. The zero-order valence-electron chi connectivity index (χ0n) is 19.1. The zero-order valence-corrected chi connectivity index (χ0v) is 19.9.